The average molecular weight is 283 g/mol. The summed E-state index contributed by atoms with van der Waals surface area (Å²) in [7, 11) is 1.59. The van der Waals surface area contributed by atoms with E-state index in [4.69, 9.17) is 19.9 Å². The number of ether oxygens (including phenoxy) is 3. The SMILES string of the molecule is CCOCCN(CCOCC)c1nc(OC)ccc1N. The Labute approximate surface area is 120 Å². The van der Waals surface area contributed by atoms with Gasteiger partial charge in [-0.15, -0.1) is 0 Å². The van der Waals surface area contributed by atoms with Crippen molar-refractivity contribution in [2.24, 2.45) is 0 Å². The second-order valence-corrected chi connectivity index (χ2v) is 4.15. The van der Waals surface area contributed by atoms with E-state index < -0.39 is 0 Å². The first-order chi connectivity index (χ1) is 9.72. The van der Waals surface area contributed by atoms with Crippen LogP contribution in [0.5, 0.6) is 5.88 Å². The molecular weight excluding hydrogens is 258 g/mol. The van der Waals surface area contributed by atoms with E-state index in [0.717, 1.165) is 0 Å². The zero-order chi connectivity index (χ0) is 14.8. The fourth-order valence-corrected chi connectivity index (χ4v) is 1.77. The number of pyridine rings is 1. The van der Waals surface area contributed by atoms with Gasteiger partial charge in [0.1, 0.15) is 0 Å². The molecule has 20 heavy (non-hydrogen) atoms. The zero-order valence-corrected chi connectivity index (χ0v) is 12.6. The molecule has 0 bridgehead atoms. The molecule has 0 unspecified atom stereocenters. The molecule has 114 valence electrons. The molecule has 0 saturated carbocycles. The van der Waals surface area contributed by atoms with E-state index >= 15 is 0 Å². The highest BCUT2D eigenvalue weighted by molar-refractivity contribution is 5.63. The minimum absolute atomic E-state index is 0.548. The molecule has 0 radical (unpaired) electrons. The maximum atomic E-state index is 6.01. The van der Waals surface area contributed by atoms with Gasteiger partial charge in [-0.1, -0.05) is 0 Å². The van der Waals surface area contributed by atoms with Crippen molar-refractivity contribution in [1.82, 2.24) is 4.98 Å². The van der Waals surface area contributed by atoms with E-state index in [2.05, 4.69) is 9.88 Å². The third-order valence-corrected chi connectivity index (χ3v) is 2.81. The van der Waals surface area contributed by atoms with Gasteiger partial charge in [-0.3, -0.25) is 0 Å². The molecule has 1 heterocycles. The average Bonchev–Trinajstić information content (AvgIpc) is 2.47. The summed E-state index contributed by atoms with van der Waals surface area (Å²) >= 11 is 0. The standard InChI is InChI=1S/C14H25N3O3/c1-4-19-10-8-17(9-11-20-5-2)14-12(15)6-7-13(16-14)18-3/h6-7H,4-5,8-11,15H2,1-3H3. The second kappa shape index (κ2) is 9.39. The number of nitrogens with two attached hydrogens (primary N) is 1. The largest absolute Gasteiger partial charge is 0.481 e. The van der Waals surface area contributed by atoms with Crippen LogP contribution >= 0.6 is 0 Å². The van der Waals surface area contributed by atoms with Gasteiger partial charge in [0.05, 0.1) is 26.0 Å². The van der Waals surface area contributed by atoms with Gasteiger partial charge in [-0.2, -0.15) is 4.98 Å². The molecular formula is C14H25N3O3. The number of hydrogen-bond donors (Lipinski definition) is 1. The molecule has 0 atom stereocenters. The first-order valence-corrected chi connectivity index (χ1v) is 6.93. The molecule has 0 aliphatic rings. The molecule has 0 saturated heterocycles. The highest BCUT2D eigenvalue weighted by Crippen LogP contribution is 2.23. The van der Waals surface area contributed by atoms with Crippen molar-refractivity contribution in [3.8, 4) is 5.88 Å². The molecule has 1 aromatic heterocycles. The van der Waals surface area contributed by atoms with E-state index in [-0.39, 0.29) is 0 Å². The zero-order valence-electron chi connectivity index (χ0n) is 12.6. The monoisotopic (exact) mass is 283 g/mol. The van der Waals surface area contributed by atoms with Gasteiger partial charge in [-0.25, -0.2) is 0 Å². The molecule has 2 N–H and O–H groups in total. The van der Waals surface area contributed by atoms with Crippen molar-refractivity contribution in [2.75, 3.05) is 57.3 Å². The van der Waals surface area contributed by atoms with Crippen LogP contribution in [0.1, 0.15) is 13.8 Å². The molecule has 1 aromatic rings. The Morgan fingerprint density at radius 3 is 2.20 bits per heavy atom. The predicted octanol–water partition coefficient (Wildman–Crippen LogP) is 1.55. The van der Waals surface area contributed by atoms with Crippen LogP contribution in [0.25, 0.3) is 0 Å². The lowest BCUT2D eigenvalue weighted by molar-refractivity contribution is 0.141. The molecule has 0 amide bonds. The smallest absolute Gasteiger partial charge is 0.215 e. The van der Waals surface area contributed by atoms with Gasteiger partial charge in [0, 0.05) is 32.4 Å². The van der Waals surface area contributed by atoms with Crippen molar-refractivity contribution in [3.05, 3.63) is 12.1 Å². The summed E-state index contributed by atoms with van der Waals surface area (Å²) in [5.74, 6) is 1.26. The fraction of sp³-hybridized carbons (Fsp3) is 0.643. The first-order valence-electron chi connectivity index (χ1n) is 6.93. The summed E-state index contributed by atoms with van der Waals surface area (Å²) in [6.07, 6.45) is 0. The van der Waals surface area contributed by atoms with Crippen molar-refractivity contribution in [2.45, 2.75) is 13.8 Å². The number of methoxy groups -OCH3 is 1. The van der Waals surface area contributed by atoms with Crippen LogP contribution < -0.4 is 15.4 Å². The Balaban J connectivity index is 2.78. The van der Waals surface area contributed by atoms with E-state index in [1.807, 2.05) is 13.8 Å². The Morgan fingerprint density at radius 1 is 1.10 bits per heavy atom. The molecule has 0 aliphatic carbocycles. The summed E-state index contributed by atoms with van der Waals surface area (Å²) in [5, 5.41) is 0. The lowest BCUT2D eigenvalue weighted by Gasteiger charge is -2.25. The van der Waals surface area contributed by atoms with Gasteiger partial charge >= 0.3 is 0 Å². The maximum Gasteiger partial charge on any atom is 0.215 e. The number of aromatic nitrogens is 1. The Morgan fingerprint density at radius 2 is 1.70 bits per heavy atom. The Bertz CT molecular complexity index is 378. The van der Waals surface area contributed by atoms with E-state index in [9.17, 15) is 0 Å². The summed E-state index contributed by atoms with van der Waals surface area (Å²) in [5.41, 5.74) is 6.64. The third kappa shape index (κ3) is 5.22. The summed E-state index contributed by atoms with van der Waals surface area (Å²) in [4.78, 5) is 6.47. The van der Waals surface area contributed by atoms with Gasteiger partial charge in [0.25, 0.3) is 0 Å². The predicted molar refractivity (Wildman–Crippen MR) is 80.4 cm³/mol. The second-order valence-electron chi connectivity index (χ2n) is 4.15. The van der Waals surface area contributed by atoms with Crippen LogP contribution in [0.4, 0.5) is 11.5 Å². The Hall–Kier alpha value is -1.53. The number of rotatable bonds is 10. The molecule has 0 spiro atoms. The van der Waals surface area contributed by atoms with Crippen molar-refractivity contribution in [3.63, 3.8) is 0 Å². The lowest BCUT2D eigenvalue weighted by Crippen LogP contribution is -2.32. The molecule has 1 rings (SSSR count). The summed E-state index contributed by atoms with van der Waals surface area (Å²) in [6, 6.07) is 3.55. The molecule has 6 heteroatoms. The van der Waals surface area contributed by atoms with Gasteiger partial charge < -0.3 is 24.8 Å². The van der Waals surface area contributed by atoms with Gasteiger partial charge in [0.2, 0.25) is 5.88 Å². The number of nitrogens with zero attached hydrogens (tertiary/aromatic N) is 2. The lowest BCUT2D eigenvalue weighted by atomic mass is 10.3. The van der Waals surface area contributed by atoms with Crippen molar-refractivity contribution in [1.29, 1.82) is 0 Å². The highest BCUT2D eigenvalue weighted by Gasteiger charge is 2.12. The fourth-order valence-electron chi connectivity index (χ4n) is 1.77. The van der Waals surface area contributed by atoms with Crippen LogP contribution in [0, 0.1) is 0 Å². The van der Waals surface area contributed by atoms with Gasteiger partial charge in [-0.05, 0) is 19.9 Å². The maximum absolute atomic E-state index is 6.01. The molecule has 0 fully saturated rings. The number of anilines is 2. The minimum atomic E-state index is 0.548. The third-order valence-electron chi connectivity index (χ3n) is 2.81. The van der Waals surface area contributed by atoms with Crippen LogP contribution in [0.3, 0.4) is 0 Å². The number of hydrogen-bond acceptors (Lipinski definition) is 6. The Kier molecular flexibility index (Phi) is 7.75. The van der Waals surface area contributed by atoms with E-state index in [1.165, 1.54) is 0 Å². The molecule has 0 aliphatic heterocycles. The molecule has 6 nitrogen and oxygen atoms in total. The quantitative estimate of drug-likeness (QED) is 0.657. The van der Waals surface area contributed by atoms with E-state index in [0.29, 0.717) is 56.9 Å². The number of nitrogen functional groups attached to an aromatic ring is 1. The van der Waals surface area contributed by atoms with Crippen LogP contribution in [0.15, 0.2) is 12.1 Å². The van der Waals surface area contributed by atoms with Crippen molar-refractivity contribution >= 4 is 11.5 Å². The first kappa shape index (κ1) is 16.5. The van der Waals surface area contributed by atoms with Crippen molar-refractivity contribution < 1.29 is 14.2 Å². The topological polar surface area (TPSA) is 69.8 Å². The molecule has 0 aromatic carbocycles. The van der Waals surface area contributed by atoms with Gasteiger partial charge in [0.15, 0.2) is 5.82 Å². The van der Waals surface area contributed by atoms with Crippen LogP contribution in [0.2, 0.25) is 0 Å². The van der Waals surface area contributed by atoms with Crippen LogP contribution in [-0.4, -0.2) is 51.6 Å². The van der Waals surface area contributed by atoms with E-state index in [1.54, 1.807) is 19.2 Å². The summed E-state index contributed by atoms with van der Waals surface area (Å²) in [6.45, 7) is 8.02. The normalized spacial score (nSPS) is 10.6. The minimum Gasteiger partial charge on any atom is -0.481 e. The van der Waals surface area contributed by atoms with Crippen LogP contribution in [-0.2, 0) is 9.47 Å². The summed E-state index contributed by atoms with van der Waals surface area (Å²) < 4.78 is 16.0. The highest BCUT2D eigenvalue weighted by atomic mass is 16.5.